The fourth-order valence-electron chi connectivity index (χ4n) is 2.09. The maximum atomic E-state index is 11.6. The van der Waals surface area contributed by atoms with Crippen LogP contribution in [0, 0.1) is 0 Å². The molecule has 7 heteroatoms. The number of hydrogen-bond acceptors (Lipinski definition) is 6. The molecule has 0 spiro atoms. The van der Waals surface area contributed by atoms with Gasteiger partial charge in [-0.2, -0.15) is 0 Å². The molecule has 1 unspecified atom stereocenters. The molecular weight excluding hydrogens is 248 g/mol. The second kappa shape index (κ2) is 6.03. The average Bonchev–Trinajstić information content (AvgIpc) is 2.71. The maximum absolute atomic E-state index is 11.6. The Balaban J connectivity index is 2.03. The van der Waals surface area contributed by atoms with E-state index in [0.717, 1.165) is 13.1 Å². The molecule has 0 radical (unpaired) electrons. The van der Waals surface area contributed by atoms with Crippen molar-refractivity contribution in [3.05, 3.63) is 12.0 Å². The summed E-state index contributed by atoms with van der Waals surface area (Å²) >= 11 is 0. The fraction of sp³-hybridized carbons (Fsp3) is 0.667. The van der Waals surface area contributed by atoms with Crippen LogP contribution in [-0.4, -0.2) is 59.9 Å². The lowest BCUT2D eigenvalue weighted by molar-refractivity contribution is -0.0272. The number of nitrogen functional groups attached to an aromatic ring is 1. The minimum atomic E-state index is -0.486. The Morgan fingerprint density at radius 2 is 2.47 bits per heavy atom. The van der Waals surface area contributed by atoms with Gasteiger partial charge in [-0.3, -0.25) is 0 Å². The first kappa shape index (κ1) is 13.8. The van der Waals surface area contributed by atoms with Gasteiger partial charge in [-0.25, -0.2) is 9.78 Å². The van der Waals surface area contributed by atoms with Crippen LogP contribution in [0.5, 0.6) is 0 Å². The van der Waals surface area contributed by atoms with Crippen molar-refractivity contribution in [3.63, 3.8) is 0 Å². The summed E-state index contributed by atoms with van der Waals surface area (Å²) in [6, 6.07) is 0. The zero-order chi connectivity index (χ0) is 13.8. The lowest BCUT2D eigenvalue weighted by Gasteiger charge is -2.30. The third-order valence-electron chi connectivity index (χ3n) is 3.09. The van der Waals surface area contributed by atoms with Crippen LogP contribution in [-0.2, 0) is 16.0 Å². The summed E-state index contributed by atoms with van der Waals surface area (Å²) in [7, 11) is 2.05. The van der Waals surface area contributed by atoms with E-state index < -0.39 is 5.97 Å². The van der Waals surface area contributed by atoms with Crippen LogP contribution < -0.4 is 5.73 Å². The van der Waals surface area contributed by atoms with Gasteiger partial charge in [0.05, 0.1) is 32.2 Å². The van der Waals surface area contributed by atoms with Crippen LogP contribution in [0.1, 0.15) is 17.4 Å². The number of likely N-dealkylation sites (N-methyl/N-ethyl adjacent to an activating group) is 1. The van der Waals surface area contributed by atoms with Gasteiger partial charge in [0.1, 0.15) is 5.82 Å². The van der Waals surface area contributed by atoms with Crippen LogP contribution >= 0.6 is 0 Å². The molecule has 2 N–H and O–H groups in total. The molecule has 1 aromatic heterocycles. The summed E-state index contributed by atoms with van der Waals surface area (Å²) in [5.41, 5.74) is 6.09. The molecule has 2 heterocycles. The van der Waals surface area contributed by atoms with Crippen LogP contribution in [0.2, 0.25) is 0 Å². The smallest absolute Gasteiger partial charge is 0.360 e. The van der Waals surface area contributed by atoms with Crippen molar-refractivity contribution in [2.75, 3.05) is 39.1 Å². The minimum Gasteiger partial charge on any atom is -0.461 e. The van der Waals surface area contributed by atoms with Crippen molar-refractivity contribution in [1.82, 2.24) is 14.5 Å². The Kier molecular flexibility index (Phi) is 4.39. The lowest BCUT2D eigenvalue weighted by atomic mass is 10.3. The average molecular weight is 268 g/mol. The van der Waals surface area contributed by atoms with Crippen LogP contribution in [0.4, 0.5) is 5.82 Å². The standard InChI is InChI=1S/C12H20N4O3/c1-3-18-12(17)10-11(13)16(8-14-10)7-9-6-15(2)4-5-19-9/h8-9H,3-7,13H2,1-2H3. The highest BCUT2D eigenvalue weighted by Crippen LogP contribution is 2.14. The fourth-order valence-corrected chi connectivity index (χ4v) is 2.09. The van der Waals surface area contributed by atoms with Gasteiger partial charge in [0.15, 0.2) is 5.69 Å². The lowest BCUT2D eigenvalue weighted by Crippen LogP contribution is -2.42. The van der Waals surface area contributed by atoms with Gasteiger partial charge in [0, 0.05) is 13.1 Å². The van der Waals surface area contributed by atoms with E-state index in [4.69, 9.17) is 15.2 Å². The molecule has 2 rings (SSSR count). The Morgan fingerprint density at radius 3 is 3.16 bits per heavy atom. The highest BCUT2D eigenvalue weighted by molar-refractivity contribution is 5.92. The molecule has 1 atom stereocenters. The summed E-state index contributed by atoms with van der Waals surface area (Å²) in [4.78, 5) is 17.8. The monoisotopic (exact) mass is 268 g/mol. The molecule has 1 aromatic rings. The number of imidazole rings is 1. The van der Waals surface area contributed by atoms with E-state index in [2.05, 4.69) is 16.9 Å². The van der Waals surface area contributed by atoms with Gasteiger partial charge >= 0.3 is 5.97 Å². The molecule has 106 valence electrons. The first-order valence-corrected chi connectivity index (χ1v) is 6.39. The van der Waals surface area contributed by atoms with E-state index in [1.165, 1.54) is 0 Å². The molecule has 1 saturated heterocycles. The van der Waals surface area contributed by atoms with Crippen LogP contribution in [0.3, 0.4) is 0 Å². The van der Waals surface area contributed by atoms with Gasteiger partial charge in [-0.05, 0) is 14.0 Å². The first-order chi connectivity index (χ1) is 9.11. The zero-order valence-corrected chi connectivity index (χ0v) is 11.3. The number of carbonyl (C=O) groups excluding carboxylic acids is 1. The number of ether oxygens (including phenoxy) is 2. The highest BCUT2D eigenvalue weighted by Gasteiger charge is 2.22. The second-order valence-corrected chi connectivity index (χ2v) is 4.61. The number of carbonyl (C=O) groups is 1. The molecule has 1 aliphatic rings. The van der Waals surface area contributed by atoms with E-state index in [9.17, 15) is 4.79 Å². The second-order valence-electron chi connectivity index (χ2n) is 4.61. The van der Waals surface area contributed by atoms with Crippen LogP contribution in [0.15, 0.2) is 6.33 Å². The van der Waals surface area contributed by atoms with Crippen molar-refractivity contribution < 1.29 is 14.3 Å². The number of aromatic nitrogens is 2. The van der Waals surface area contributed by atoms with Crippen LogP contribution in [0.25, 0.3) is 0 Å². The SMILES string of the molecule is CCOC(=O)c1ncn(CC2CN(C)CCO2)c1N. The summed E-state index contributed by atoms with van der Waals surface area (Å²) < 4.78 is 12.3. The predicted octanol–water partition coefficient (Wildman–Crippen LogP) is -0.0274. The summed E-state index contributed by atoms with van der Waals surface area (Å²) in [6.45, 7) is 5.12. The highest BCUT2D eigenvalue weighted by atomic mass is 16.5. The maximum Gasteiger partial charge on any atom is 0.360 e. The number of nitrogens with two attached hydrogens (primary N) is 1. The minimum absolute atomic E-state index is 0.0605. The normalized spacial score (nSPS) is 20.4. The van der Waals surface area contributed by atoms with E-state index in [0.29, 0.717) is 25.6 Å². The predicted molar refractivity (Wildman–Crippen MR) is 69.8 cm³/mol. The van der Waals surface area contributed by atoms with E-state index in [1.54, 1.807) is 17.8 Å². The summed E-state index contributed by atoms with van der Waals surface area (Å²) in [6.07, 6.45) is 1.62. The van der Waals surface area contributed by atoms with E-state index >= 15 is 0 Å². The van der Waals surface area contributed by atoms with Crippen molar-refractivity contribution in [2.24, 2.45) is 0 Å². The Morgan fingerprint density at radius 1 is 1.68 bits per heavy atom. The zero-order valence-electron chi connectivity index (χ0n) is 11.3. The molecule has 0 bridgehead atoms. The molecule has 0 aromatic carbocycles. The largest absolute Gasteiger partial charge is 0.461 e. The number of nitrogens with zero attached hydrogens (tertiary/aromatic N) is 3. The van der Waals surface area contributed by atoms with Gasteiger partial charge in [0.2, 0.25) is 0 Å². The number of hydrogen-bond donors (Lipinski definition) is 1. The molecule has 19 heavy (non-hydrogen) atoms. The Bertz CT molecular complexity index is 446. The first-order valence-electron chi connectivity index (χ1n) is 6.39. The summed E-state index contributed by atoms with van der Waals surface area (Å²) in [5.74, 6) is -0.157. The van der Waals surface area contributed by atoms with Gasteiger partial charge in [0.25, 0.3) is 0 Å². The topological polar surface area (TPSA) is 82.6 Å². The Labute approximate surface area is 112 Å². The number of morpholine rings is 1. The van der Waals surface area contributed by atoms with Crippen molar-refractivity contribution in [1.29, 1.82) is 0 Å². The van der Waals surface area contributed by atoms with Crippen molar-refractivity contribution in [3.8, 4) is 0 Å². The molecule has 0 amide bonds. The number of anilines is 1. The Hall–Kier alpha value is -1.60. The van der Waals surface area contributed by atoms with Gasteiger partial charge in [-0.1, -0.05) is 0 Å². The summed E-state index contributed by atoms with van der Waals surface area (Å²) in [5, 5.41) is 0. The molecule has 7 nitrogen and oxygen atoms in total. The van der Waals surface area contributed by atoms with Gasteiger partial charge in [-0.15, -0.1) is 0 Å². The molecule has 0 aliphatic carbocycles. The quantitative estimate of drug-likeness (QED) is 0.772. The van der Waals surface area contributed by atoms with E-state index in [1.807, 2.05) is 0 Å². The van der Waals surface area contributed by atoms with Crippen molar-refractivity contribution >= 4 is 11.8 Å². The molecular formula is C12H20N4O3. The third kappa shape index (κ3) is 3.24. The number of esters is 1. The molecule has 0 saturated carbocycles. The molecule has 1 aliphatic heterocycles. The molecule has 1 fully saturated rings. The third-order valence-corrected chi connectivity index (χ3v) is 3.09. The van der Waals surface area contributed by atoms with Gasteiger partial charge < -0.3 is 24.7 Å². The number of rotatable bonds is 4. The van der Waals surface area contributed by atoms with Crippen molar-refractivity contribution in [2.45, 2.75) is 19.6 Å². The van der Waals surface area contributed by atoms with E-state index in [-0.39, 0.29) is 11.8 Å².